The van der Waals surface area contributed by atoms with Crippen LogP contribution in [-0.4, -0.2) is 26.5 Å². The molecule has 1 N–H and O–H groups in total. The first-order valence-electron chi connectivity index (χ1n) is 6.92. The van der Waals surface area contributed by atoms with Crippen LogP contribution in [0.4, 0.5) is 0 Å². The fourth-order valence-electron chi connectivity index (χ4n) is 2.10. The summed E-state index contributed by atoms with van der Waals surface area (Å²) in [6, 6.07) is 7.75. The van der Waals surface area contributed by atoms with E-state index in [0.29, 0.717) is 0 Å². The maximum Gasteiger partial charge on any atom is 0.0949 e. The fourth-order valence-corrected chi connectivity index (χ4v) is 3.27. The third-order valence-electron chi connectivity index (χ3n) is 3.39. The molecule has 21 heavy (non-hydrogen) atoms. The van der Waals surface area contributed by atoms with E-state index >= 15 is 0 Å². The molecule has 5 heteroatoms. The highest BCUT2D eigenvalue weighted by Crippen LogP contribution is 2.33. The lowest BCUT2D eigenvalue weighted by atomic mass is 9.85. The van der Waals surface area contributed by atoms with Gasteiger partial charge in [-0.2, -0.15) is 0 Å². The van der Waals surface area contributed by atoms with E-state index in [9.17, 15) is 5.11 Å². The minimum absolute atomic E-state index is 0.0202. The normalized spacial score (nSPS) is 14.9. The predicted molar refractivity (Wildman–Crippen MR) is 88.9 cm³/mol. The molecule has 0 amide bonds. The Morgan fingerprint density at radius 3 is 2.48 bits per heavy atom. The van der Waals surface area contributed by atoms with Crippen molar-refractivity contribution in [2.75, 3.05) is 5.75 Å². The first-order valence-corrected chi connectivity index (χ1v) is 8.28. The van der Waals surface area contributed by atoms with Crippen LogP contribution in [-0.2, 0) is 0 Å². The molecule has 1 aromatic carbocycles. The number of hydrogen-bond donors (Lipinski definition) is 1. The van der Waals surface area contributed by atoms with Crippen molar-refractivity contribution < 1.29 is 5.11 Å². The Bertz CT molecular complexity index is 549. The average Bonchev–Trinajstić information content (AvgIpc) is 2.94. The molecule has 114 valence electrons. The highest BCUT2D eigenvalue weighted by molar-refractivity contribution is 7.99. The number of aliphatic hydroxyl groups excluding tert-OH is 1. The maximum atomic E-state index is 10.7. The van der Waals surface area contributed by atoms with Crippen molar-refractivity contribution in [2.45, 2.75) is 37.8 Å². The van der Waals surface area contributed by atoms with Crippen LogP contribution in [0.25, 0.3) is 0 Å². The number of thioether (sulfide) groups is 1. The number of imidazole rings is 1. The van der Waals surface area contributed by atoms with Crippen molar-refractivity contribution in [3.8, 4) is 0 Å². The zero-order valence-electron chi connectivity index (χ0n) is 12.5. The largest absolute Gasteiger partial charge is 0.390 e. The molecular weight excluding hydrogens is 304 g/mol. The van der Waals surface area contributed by atoms with Crippen LogP contribution in [0.5, 0.6) is 0 Å². The van der Waals surface area contributed by atoms with E-state index in [1.165, 1.54) is 0 Å². The summed E-state index contributed by atoms with van der Waals surface area (Å²) in [6.45, 7) is 6.15. The third-order valence-corrected chi connectivity index (χ3v) is 4.76. The number of benzene rings is 1. The molecule has 2 rings (SSSR count). The van der Waals surface area contributed by atoms with Crippen molar-refractivity contribution >= 4 is 23.4 Å². The van der Waals surface area contributed by atoms with Gasteiger partial charge in [0, 0.05) is 28.1 Å². The summed E-state index contributed by atoms with van der Waals surface area (Å²) in [6.07, 6.45) is 4.96. The molecule has 2 unspecified atom stereocenters. The molecule has 1 aromatic heterocycles. The SMILES string of the molecule is CC(C)(C)C(O)C(CSc1ccc(Cl)cc1)n1ccnc1. The van der Waals surface area contributed by atoms with Gasteiger partial charge in [-0.25, -0.2) is 4.98 Å². The Balaban J connectivity index is 2.11. The molecule has 0 bridgehead atoms. The van der Waals surface area contributed by atoms with Crippen LogP contribution in [0.1, 0.15) is 26.8 Å². The van der Waals surface area contributed by atoms with E-state index in [0.717, 1.165) is 15.7 Å². The topological polar surface area (TPSA) is 38.0 Å². The van der Waals surface area contributed by atoms with Crippen LogP contribution in [0.3, 0.4) is 0 Å². The summed E-state index contributed by atoms with van der Waals surface area (Å²) < 4.78 is 1.98. The summed E-state index contributed by atoms with van der Waals surface area (Å²) in [5.41, 5.74) is -0.185. The minimum Gasteiger partial charge on any atom is -0.390 e. The van der Waals surface area contributed by atoms with E-state index in [2.05, 4.69) is 25.8 Å². The van der Waals surface area contributed by atoms with E-state index in [4.69, 9.17) is 11.6 Å². The quantitative estimate of drug-likeness (QED) is 0.834. The Hall–Kier alpha value is -0.970. The number of hydrogen-bond acceptors (Lipinski definition) is 3. The Kier molecular flexibility index (Phi) is 5.36. The lowest BCUT2D eigenvalue weighted by Gasteiger charge is -2.33. The van der Waals surface area contributed by atoms with Crippen molar-refractivity contribution in [3.05, 3.63) is 48.0 Å². The first kappa shape index (κ1) is 16.4. The van der Waals surface area contributed by atoms with Gasteiger partial charge in [0.1, 0.15) is 0 Å². The molecular formula is C16H21ClN2OS. The summed E-state index contributed by atoms with van der Waals surface area (Å²) in [7, 11) is 0. The van der Waals surface area contributed by atoms with Crippen LogP contribution < -0.4 is 0 Å². The van der Waals surface area contributed by atoms with Gasteiger partial charge in [-0.3, -0.25) is 0 Å². The molecule has 0 aliphatic carbocycles. The lowest BCUT2D eigenvalue weighted by molar-refractivity contribution is 0.0244. The smallest absolute Gasteiger partial charge is 0.0949 e. The van der Waals surface area contributed by atoms with E-state index in [1.807, 2.05) is 35.0 Å². The van der Waals surface area contributed by atoms with Crippen molar-refractivity contribution in [3.63, 3.8) is 0 Å². The molecule has 0 saturated carbocycles. The molecule has 0 radical (unpaired) electrons. The van der Waals surface area contributed by atoms with Gasteiger partial charge in [0.05, 0.1) is 18.5 Å². The fraction of sp³-hybridized carbons (Fsp3) is 0.438. The molecule has 2 aromatic rings. The molecule has 3 nitrogen and oxygen atoms in total. The van der Waals surface area contributed by atoms with Crippen molar-refractivity contribution in [2.24, 2.45) is 5.41 Å². The molecule has 0 aliphatic rings. The third kappa shape index (κ3) is 4.50. The van der Waals surface area contributed by atoms with Gasteiger partial charge in [-0.05, 0) is 29.7 Å². The highest BCUT2D eigenvalue weighted by atomic mass is 35.5. The van der Waals surface area contributed by atoms with Gasteiger partial charge in [0.15, 0.2) is 0 Å². The summed E-state index contributed by atoms with van der Waals surface area (Å²) in [5.74, 6) is 0.774. The molecule has 2 atom stereocenters. The molecule has 0 aliphatic heterocycles. The average molecular weight is 325 g/mol. The number of halogens is 1. The summed E-state index contributed by atoms with van der Waals surface area (Å²) in [5, 5.41) is 11.4. The second-order valence-corrected chi connectivity index (χ2v) is 7.68. The zero-order valence-corrected chi connectivity index (χ0v) is 14.1. The monoisotopic (exact) mass is 324 g/mol. The van der Waals surface area contributed by atoms with Crippen LogP contribution in [0.2, 0.25) is 5.02 Å². The summed E-state index contributed by atoms with van der Waals surface area (Å²) >= 11 is 7.62. The maximum absolute atomic E-state index is 10.7. The lowest BCUT2D eigenvalue weighted by Crippen LogP contribution is -2.36. The van der Waals surface area contributed by atoms with E-state index in [1.54, 1.807) is 24.3 Å². The first-order chi connectivity index (χ1) is 9.88. The van der Waals surface area contributed by atoms with Crippen molar-refractivity contribution in [1.82, 2.24) is 9.55 Å². The second-order valence-electron chi connectivity index (χ2n) is 6.15. The second kappa shape index (κ2) is 6.86. The Labute approximate surface area is 135 Å². The molecule has 0 spiro atoms. The highest BCUT2D eigenvalue weighted by Gasteiger charge is 2.31. The number of aromatic nitrogens is 2. The van der Waals surface area contributed by atoms with Gasteiger partial charge in [-0.1, -0.05) is 32.4 Å². The number of aliphatic hydroxyl groups is 1. The predicted octanol–water partition coefficient (Wildman–Crippen LogP) is 4.28. The Morgan fingerprint density at radius 2 is 1.95 bits per heavy atom. The van der Waals surface area contributed by atoms with Gasteiger partial charge in [-0.15, -0.1) is 11.8 Å². The van der Waals surface area contributed by atoms with Crippen LogP contribution in [0, 0.1) is 5.41 Å². The van der Waals surface area contributed by atoms with Gasteiger partial charge in [0.25, 0.3) is 0 Å². The molecule has 0 saturated heterocycles. The Morgan fingerprint density at radius 1 is 1.29 bits per heavy atom. The van der Waals surface area contributed by atoms with Gasteiger partial charge < -0.3 is 9.67 Å². The molecule has 1 heterocycles. The van der Waals surface area contributed by atoms with Gasteiger partial charge >= 0.3 is 0 Å². The van der Waals surface area contributed by atoms with E-state index < -0.39 is 6.10 Å². The number of nitrogens with zero attached hydrogens (tertiary/aromatic N) is 2. The minimum atomic E-state index is -0.452. The van der Waals surface area contributed by atoms with Crippen molar-refractivity contribution in [1.29, 1.82) is 0 Å². The molecule has 0 fully saturated rings. The zero-order chi connectivity index (χ0) is 15.5. The van der Waals surface area contributed by atoms with E-state index in [-0.39, 0.29) is 11.5 Å². The van der Waals surface area contributed by atoms with Gasteiger partial charge in [0.2, 0.25) is 0 Å². The number of rotatable bonds is 5. The van der Waals surface area contributed by atoms with Crippen LogP contribution in [0.15, 0.2) is 47.9 Å². The standard InChI is InChI=1S/C16H21ClN2OS/c1-16(2,3)15(20)14(19-9-8-18-11-19)10-21-13-6-4-12(17)5-7-13/h4-9,11,14-15,20H,10H2,1-3H3. The van der Waals surface area contributed by atoms with Crippen LogP contribution >= 0.6 is 23.4 Å². The summed E-state index contributed by atoms with van der Waals surface area (Å²) in [4.78, 5) is 5.24.